The Morgan fingerprint density at radius 2 is 1.75 bits per heavy atom. The zero-order valence-corrected chi connectivity index (χ0v) is 11.0. The molecule has 0 aromatic heterocycles. The van der Waals surface area contributed by atoms with Gasteiger partial charge < -0.3 is 11.1 Å². The van der Waals surface area contributed by atoms with Gasteiger partial charge in [0.25, 0.3) is 0 Å². The topological polar surface area (TPSA) is 78.9 Å². The smallest absolute Gasteiger partial charge is 0.221 e. The van der Waals surface area contributed by atoms with Gasteiger partial charge in [-0.15, -0.1) is 0 Å². The maximum Gasteiger partial charge on any atom is 0.221 e. The Balaban J connectivity index is 2.15. The van der Waals surface area contributed by atoms with Gasteiger partial charge in [-0.2, -0.15) is 5.26 Å². The summed E-state index contributed by atoms with van der Waals surface area (Å²) in [5.41, 5.74) is 8.52. The molecule has 0 unspecified atom stereocenters. The molecule has 0 saturated carbocycles. The Kier molecular flexibility index (Phi) is 4.35. The molecular weight excluding hydrogens is 250 g/mol. The van der Waals surface area contributed by atoms with Crippen LogP contribution in [0.25, 0.3) is 0 Å². The fourth-order valence-corrected chi connectivity index (χ4v) is 2.01. The van der Waals surface area contributed by atoms with Gasteiger partial charge in [-0.25, -0.2) is 0 Å². The summed E-state index contributed by atoms with van der Waals surface area (Å²) >= 11 is 0. The van der Waals surface area contributed by atoms with E-state index in [-0.39, 0.29) is 12.3 Å². The molecule has 1 amide bonds. The predicted octanol–water partition coefficient (Wildman–Crippen LogP) is 2.20. The van der Waals surface area contributed by atoms with Gasteiger partial charge in [0.05, 0.1) is 18.1 Å². The second-order valence-electron chi connectivity index (χ2n) is 4.42. The van der Waals surface area contributed by atoms with Crippen LogP contribution in [0.2, 0.25) is 0 Å². The van der Waals surface area contributed by atoms with Crippen LogP contribution in [-0.4, -0.2) is 5.91 Å². The van der Waals surface area contributed by atoms with Crippen molar-refractivity contribution in [2.75, 3.05) is 5.32 Å². The molecule has 0 bridgehead atoms. The summed E-state index contributed by atoms with van der Waals surface area (Å²) < 4.78 is 0. The Hall–Kier alpha value is -2.80. The van der Waals surface area contributed by atoms with Crippen LogP contribution in [0, 0.1) is 11.3 Å². The van der Waals surface area contributed by atoms with Gasteiger partial charge in [0, 0.05) is 12.2 Å². The summed E-state index contributed by atoms with van der Waals surface area (Å²) in [6.45, 7) is 0.527. The molecule has 0 heterocycles. The van der Waals surface area contributed by atoms with Crippen LogP contribution in [-0.2, 0) is 17.8 Å². The van der Waals surface area contributed by atoms with Gasteiger partial charge in [-0.1, -0.05) is 36.4 Å². The first-order valence-corrected chi connectivity index (χ1v) is 6.29. The molecule has 2 aromatic carbocycles. The first-order valence-electron chi connectivity index (χ1n) is 6.29. The average molecular weight is 265 g/mol. The molecule has 0 aliphatic heterocycles. The molecule has 20 heavy (non-hydrogen) atoms. The minimum Gasteiger partial charge on any atom is -0.381 e. The largest absolute Gasteiger partial charge is 0.381 e. The number of hydrogen-bond acceptors (Lipinski definition) is 3. The van der Waals surface area contributed by atoms with Crippen molar-refractivity contribution in [3.05, 3.63) is 65.2 Å². The van der Waals surface area contributed by atoms with E-state index in [4.69, 9.17) is 11.0 Å². The Labute approximate surface area is 117 Å². The van der Waals surface area contributed by atoms with Gasteiger partial charge in [0.2, 0.25) is 5.91 Å². The van der Waals surface area contributed by atoms with Crippen molar-refractivity contribution in [3.8, 4) is 6.07 Å². The lowest BCUT2D eigenvalue weighted by Crippen LogP contribution is -2.15. The van der Waals surface area contributed by atoms with E-state index in [0.717, 1.165) is 16.8 Å². The Morgan fingerprint density at radius 3 is 2.45 bits per heavy atom. The summed E-state index contributed by atoms with van der Waals surface area (Å²) in [5, 5.41) is 12.3. The fourth-order valence-electron chi connectivity index (χ4n) is 2.01. The van der Waals surface area contributed by atoms with Gasteiger partial charge in [-0.3, -0.25) is 4.79 Å². The molecule has 0 saturated heterocycles. The molecule has 2 rings (SSSR count). The molecular formula is C16H15N3O. The highest BCUT2D eigenvalue weighted by Gasteiger charge is 2.06. The highest BCUT2D eigenvalue weighted by Crippen LogP contribution is 2.17. The summed E-state index contributed by atoms with van der Waals surface area (Å²) in [5.74, 6) is -0.364. The number of primary amides is 1. The van der Waals surface area contributed by atoms with Gasteiger partial charge >= 0.3 is 0 Å². The van der Waals surface area contributed by atoms with E-state index in [1.54, 1.807) is 6.07 Å². The van der Waals surface area contributed by atoms with E-state index < -0.39 is 0 Å². The number of carbonyl (C=O) groups excluding carboxylic acids is 1. The molecule has 0 radical (unpaired) electrons. The first-order chi connectivity index (χ1) is 9.70. The maximum atomic E-state index is 11.0. The molecule has 0 aliphatic carbocycles. The lowest BCUT2D eigenvalue weighted by molar-refractivity contribution is -0.117. The normalized spacial score (nSPS) is 9.75. The van der Waals surface area contributed by atoms with Gasteiger partial charge in [0.15, 0.2) is 0 Å². The van der Waals surface area contributed by atoms with Gasteiger partial charge in [0.1, 0.15) is 0 Å². The number of nitrogens with two attached hydrogens (primary N) is 1. The number of rotatable bonds is 5. The number of amides is 1. The Morgan fingerprint density at radius 1 is 1.10 bits per heavy atom. The van der Waals surface area contributed by atoms with Crippen LogP contribution in [0.15, 0.2) is 48.5 Å². The number of para-hydroxylation sites is 1. The van der Waals surface area contributed by atoms with E-state index in [0.29, 0.717) is 12.1 Å². The monoisotopic (exact) mass is 265 g/mol. The first kappa shape index (κ1) is 13.6. The number of hydrogen-bond donors (Lipinski definition) is 2. The molecule has 0 atom stereocenters. The number of benzene rings is 2. The maximum absolute atomic E-state index is 11.0. The van der Waals surface area contributed by atoms with E-state index in [2.05, 4.69) is 11.4 Å². The van der Waals surface area contributed by atoms with Crippen molar-refractivity contribution >= 4 is 11.6 Å². The SMILES string of the molecule is N#Cc1ccccc1CNc1ccccc1CC(N)=O. The number of nitriles is 1. The second-order valence-corrected chi connectivity index (χ2v) is 4.42. The molecule has 100 valence electrons. The van der Waals surface area contributed by atoms with Crippen LogP contribution in [0.4, 0.5) is 5.69 Å². The average Bonchev–Trinajstić information content (AvgIpc) is 2.46. The quantitative estimate of drug-likeness (QED) is 0.869. The second kappa shape index (κ2) is 6.39. The predicted molar refractivity (Wildman–Crippen MR) is 77.8 cm³/mol. The van der Waals surface area contributed by atoms with E-state index in [9.17, 15) is 4.79 Å². The van der Waals surface area contributed by atoms with Crippen molar-refractivity contribution < 1.29 is 4.79 Å². The zero-order chi connectivity index (χ0) is 14.4. The number of nitrogens with one attached hydrogen (secondary N) is 1. The summed E-state index contributed by atoms with van der Waals surface area (Å²) in [7, 11) is 0. The lowest BCUT2D eigenvalue weighted by atomic mass is 10.1. The highest BCUT2D eigenvalue weighted by molar-refractivity contribution is 5.78. The number of carbonyl (C=O) groups is 1. The molecule has 2 aromatic rings. The van der Waals surface area contributed by atoms with Crippen LogP contribution < -0.4 is 11.1 Å². The summed E-state index contributed by atoms with van der Waals surface area (Å²) in [4.78, 5) is 11.0. The van der Waals surface area contributed by atoms with Crippen LogP contribution in [0.3, 0.4) is 0 Å². The number of anilines is 1. The highest BCUT2D eigenvalue weighted by atomic mass is 16.1. The standard InChI is InChI=1S/C16H15N3O/c17-10-13-6-1-2-7-14(13)11-19-15-8-4-3-5-12(15)9-16(18)20/h1-8,19H,9,11H2,(H2,18,20). The van der Waals surface area contributed by atoms with Crippen LogP contribution in [0.5, 0.6) is 0 Å². The molecule has 0 fully saturated rings. The van der Waals surface area contributed by atoms with Crippen molar-refractivity contribution in [3.63, 3.8) is 0 Å². The van der Waals surface area contributed by atoms with Crippen molar-refractivity contribution in [1.82, 2.24) is 0 Å². The van der Waals surface area contributed by atoms with E-state index >= 15 is 0 Å². The third kappa shape index (κ3) is 3.36. The van der Waals surface area contributed by atoms with Crippen molar-refractivity contribution in [2.45, 2.75) is 13.0 Å². The van der Waals surface area contributed by atoms with Crippen LogP contribution >= 0.6 is 0 Å². The minimum atomic E-state index is -0.364. The summed E-state index contributed by atoms with van der Waals surface area (Å²) in [6.07, 6.45) is 0.197. The van der Waals surface area contributed by atoms with Crippen molar-refractivity contribution in [2.24, 2.45) is 5.73 Å². The molecule has 0 spiro atoms. The third-order valence-electron chi connectivity index (χ3n) is 2.99. The third-order valence-corrected chi connectivity index (χ3v) is 2.99. The molecule has 3 N–H and O–H groups in total. The molecule has 0 aliphatic rings. The van der Waals surface area contributed by atoms with Crippen LogP contribution in [0.1, 0.15) is 16.7 Å². The lowest BCUT2D eigenvalue weighted by Gasteiger charge is -2.11. The van der Waals surface area contributed by atoms with Gasteiger partial charge in [-0.05, 0) is 23.3 Å². The number of nitrogens with zero attached hydrogens (tertiary/aromatic N) is 1. The minimum absolute atomic E-state index is 0.197. The van der Waals surface area contributed by atoms with Crippen molar-refractivity contribution in [1.29, 1.82) is 5.26 Å². The van der Waals surface area contributed by atoms with E-state index in [1.165, 1.54) is 0 Å². The summed E-state index contributed by atoms with van der Waals surface area (Å²) in [6, 6.07) is 17.1. The fraction of sp³-hybridized carbons (Fsp3) is 0.125. The molecule has 4 heteroatoms. The van der Waals surface area contributed by atoms with E-state index in [1.807, 2.05) is 42.5 Å². The Bertz CT molecular complexity index is 659. The molecule has 4 nitrogen and oxygen atoms in total. The zero-order valence-electron chi connectivity index (χ0n) is 11.0.